The van der Waals surface area contributed by atoms with Crippen molar-refractivity contribution in [3.05, 3.63) is 47.3 Å². The maximum absolute atomic E-state index is 12.0. The first-order valence-electron chi connectivity index (χ1n) is 5.54. The number of rotatable bonds is 2. The predicted molar refractivity (Wildman–Crippen MR) is 73.0 cm³/mol. The summed E-state index contributed by atoms with van der Waals surface area (Å²) in [5.74, 6) is -0.309. The third kappa shape index (κ3) is 1.62. The molecular formula is C14H11NO2S. The normalized spacial score (nSPS) is 10.7. The van der Waals surface area contributed by atoms with Gasteiger partial charge < -0.3 is 9.72 Å². The van der Waals surface area contributed by atoms with E-state index in [0.717, 1.165) is 21.5 Å². The Bertz CT molecular complexity index is 698. The van der Waals surface area contributed by atoms with Crippen LogP contribution in [0.15, 0.2) is 41.8 Å². The van der Waals surface area contributed by atoms with E-state index in [1.54, 1.807) is 11.3 Å². The largest absolute Gasteiger partial charge is 0.465 e. The molecule has 0 saturated carbocycles. The second kappa shape index (κ2) is 4.31. The number of carbonyl (C=O) groups is 1. The van der Waals surface area contributed by atoms with Crippen LogP contribution in [-0.2, 0) is 4.74 Å². The zero-order valence-corrected chi connectivity index (χ0v) is 10.6. The predicted octanol–water partition coefficient (Wildman–Crippen LogP) is 3.68. The van der Waals surface area contributed by atoms with Crippen LogP contribution < -0.4 is 0 Å². The van der Waals surface area contributed by atoms with Gasteiger partial charge in [0.2, 0.25) is 0 Å². The van der Waals surface area contributed by atoms with Gasteiger partial charge in [-0.05, 0) is 17.5 Å². The van der Waals surface area contributed by atoms with E-state index in [0.29, 0.717) is 5.56 Å². The Morgan fingerprint density at radius 1 is 1.22 bits per heavy atom. The van der Waals surface area contributed by atoms with Crippen LogP contribution in [0.25, 0.3) is 21.5 Å². The van der Waals surface area contributed by atoms with E-state index in [-0.39, 0.29) is 5.97 Å². The zero-order valence-electron chi connectivity index (χ0n) is 9.77. The highest BCUT2D eigenvalue weighted by Gasteiger charge is 2.20. The lowest BCUT2D eigenvalue weighted by atomic mass is 10.1. The molecule has 90 valence electrons. The summed E-state index contributed by atoms with van der Waals surface area (Å²) in [6.07, 6.45) is 0. The van der Waals surface area contributed by atoms with E-state index in [1.807, 2.05) is 41.8 Å². The van der Waals surface area contributed by atoms with Crippen LogP contribution in [0.1, 0.15) is 10.4 Å². The zero-order chi connectivity index (χ0) is 12.5. The summed E-state index contributed by atoms with van der Waals surface area (Å²) in [5.41, 5.74) is 2.38. The van der Waals surface area contributed by atoms with Gasteiger partial charge in [-0.1, -0.05) is 24.3 Å². The first kappa shape index (κ1) is 11.0. The number of hydrogen-bond donors (Lipinski definition) is 1. The van der Waals surface area contributed by atoms with Crippen LogP contribution in [0, 0.1) is 0 Å². The molecule has 0 aliphatic heterocycles. The fourth-order valence-corrected chi connectivity index (χ4v) is 2.79. The lowest BCUT2D eigenvalue weighted by Gasteiger charge is -2.00. The molecule has 0 radical (unpaired) electrons. The van der Waals surface area contributed by atoms with Crippen LogP contribution in [0.2, 0.25) is 0 Å². The van der Waals surface area contributed by atoms with Crippen molar-refractivity contribution in [3.8, 4) is 10.6 Å². The summed E-state index contributed by atoms with van der Waals surface area (Å²) in [4.78, 5) is 16.3. The smallest absolute Gasteiger partial charge is 0.340 e. The van der Waals surface area contributed by atoms with E-state index in [9.17, 15) is 4.79 Å². The van der Waals surface area contributed by atoms with Crippen LogP contribution in [0.5, 0.6) is 0 Å². The molecule has 0 aliphatic carbocycles. The molecule has 1 N–H and O–H groups in total. The molecule has 3 aromatic rings. The number of methoxy groups -OCH3 is 1. The topological polar surface area (TPSA) is 42.1 Å². The standard InChI is InChI=1S/C14H11NO2S/c1-17-14(16)12-9-5-2-3-6-10(9)15-13(12)11-7-4-8-18-11/h2-8,15H,1H3. The summed E-state index contributed by atoms with van der Waals surface area (Å²) in [6, 6.07) is 11.7. The number of aromatic nitrogens is 1. The van der Waals surface area contributed by atoms with Crippen molar-refractivity contribution >= 4 is 28.2 Å². The number of esters is 1. The highest BCUT2D eigenvalue weighted by atomic mass is 32.1. The van der Waals surface area contributed by atoms with E-state index in [4.69, 9.17) is 4.74 Å². The molecule has 18 heavy (non-hydrogen) atoms. The lowest BCUT2D eigenvalue weighted by Crippen LogP contribution is -2.01. The fraction of sp³-hybridized carbons (Fsp3) is 0.0714. The lowest BCUT2D eigenvalue weighted by molar-refractivity contribution is 0.0604. The maximum atomic E-state index is 12.0. The molecule has 0 fully saturated rings. The van der Waals surface area contributed by atoms with E-state index in [2.05, 4.69) is 4.98 Å². The summed E-state index contributed by atoms with van der Waals surface area (Å²) in [5, 5.41) is 2.88. The second-order valence-corrected chi connectivity index (χ2v) is 4.84. The molecule has 0 saturated heterocycles. The van der Waals surface area contributed by atoms with Gasteiger partial charge in [0.1, 0.15) is 0 Å². The number of aromatic amines is 1. The van der Waals surface area contributed by atoms with Gasteiger partial charge in [0.05, 0.1) is 23.2 Å². The SMILES string of the molecule is COC(=O)c1c(-c2cccs2)[nH]c2ccccc12. The molecule has 0 amide bonds. The average Bonchev–Trinajstić information content (AvgIpc) is 3.04. The van der Waals surface area contributed by atoms with Gasteiger partial charge in [-0.25, -0.2) is 4.79 Å². The Kier molecular flexibility index (Phi) is 2.64. The third-order valence-corrected chi connectivity index (χ3v) is 3.75. The van der Waals surface area contributed by atoms with Crippen molar-refractivity contribution in [2.75, 3.05) is 7.11 Å². The molecule has 1 aromatic carbocycles. The molecule has 0 atom stereocenters. The molecular weight excluding hydrogens is 246 g/mol. The van der Waals surface area contributed by atoms with E-state index >= 15 is 0 Å². The van der Waals surface area contributed by atoms with Crippen LogP contribution in [0.4, 0.5) is 0 Å². The number of thiophene rings is 1. The van der Waals surface area contributed by atoms with Gasteiger partial charge in [-0.3, -0.25) is 0 Å². The number of carbonyl (C=O) groups excluding carboxylic acids is 1. The minimum absolute atomic E-state index is 0.309. The van der Waals surface area contributed by atoms with Gasteiger partial charge in [0, 0.05) is 10.9 Å². The minimum atomic E-state index is -0.309. The van der Waals surface area contributed by atoms with Crippen molar-refractivity contribution in [3.63, 3.8) is 0 Å². The first-order chi connectivity index (χ1) is 8.81. The Hall–Kier alpha value is -2.07. The quantitative estimate of drug-likeness (QED) is 0.711. The monoisotopic (exact) mass is 257 g/mol. The second-order valence-electron chi connectivity index (χ2n) is 3.89. The summed E-state index contributed by atoms with van der Waals surface area (Å²) in [6.45, 7) is 0. The van der Waals surface area contributed by atoms with Crippen molar-refractivity contribution < 1.29 is 9.53 Å². The Morgan fingerprint density at radius 3 is 2.78 bits per heavy atom. The number of hydrogen-bond acceptors (Lipinski definition) is 3. The Balaban J connectivity index is 2.33. The molecule has 0 bridgehead atoms. The van der Waals surface area contributed by atoms with Crippen LogP contribution >= 0.6 is 11.3 Å². The number of H-pyrrole nitrogens is 1. The highest BCUT2D eigenvalue weighted by molar-refractivity contribution is 7.13. The number of ether oxygens (including phenoxy) is 1. The van der Waals surface area contributed by atoms with Gasteiger partial charge >= 0.3 is 5.97 Å². The number of benzene rings is 1. The Morgan fingerprint density at radius 2 is 2.06 bits per heavy atom. The molecule has 4 heteroatoms. The third-order valence-electron chi connectivity index (χ3n) is 2.86. The van der Waals surface area contributed by atoms with Gasteiger partial charge in [0.15, 0.2) is 0 Å². The molecule has 3 rings (SSSR count). The molecule has 3 nitrogen and oxygen atoms in total. The maximum Gasteiger partial charge on any atom is 0.340 e. The first-order valence-corrected chi connectivity index (χ1v) is 6.42. The molecule has 2 aromatic heterocycles. The number of nitrogens with one attached hydrogen (secondary N) is 1. The van der Waals surface area contributed by atoms with Crippen molar-refractivity contribution in [2.24, 2.45) is 0 Å². The van der Waals surface area contributed by atoms with Crippen LogP contribution in [-0.4, -0.2) is 18.1 Å². The van der Waals surface area contributed by atoms with Gasteiger partial charge in [0.25, 0.3) is 0 Å². The number of para-hydroxylation sites is 1. The van der Waals surface area contributed by atoms with Crippen molar-refractivity contribution in [1.29, 1.82) is 0 Å². The summed E-state index contributed by atoms with van der Waals surface area (Å²) < 4.78 is 4.89. The van der Waals surface area contributed by atoms with Gasteiger partial charge in [-0.15, -0.1) is 11.3 Å². The molecule has 0 aliphatic rings. The van der Waals surface area contributed by atoms with Gasteiger partial charge in [-0.2, -0.15) is 0 Å². The van der Waals surface area contributed by atoms with Crippen molar-refractivity contribution in [1.82, 2.24) is 4.98 Å². The minimum Gasteiger partial charge on any atom is -0.465 e. The van der Waals surface area contributed by atoms with E-state index in [1.165, 1.54) is 7.11 Å². The molecule has 2 heterocycles. The molecule has 0 unspecified atom stereocenters. The van der Waals surface area contributed by atoms with E-state index < -0.39 is 0 Å². The summed E-state index contributed by atoms with van der Waals surface area (Å²) in [7, 11) is 1.41. The Labute approximate surface area is 108 Å². The molecule has 0 spiro atoms. The van der Waals surface area contributed by atoms with Crippen molar-refractivity contribution in [2.45, 2.75) is 0 Å². The average molecular weight is 257 g/mol. The highest BCUT2D eigenvalue weighted by Crippen LogP contribution is 2.33. The summed E-state index contributed by atoms with van der Waals surface area (Å²) >= 11 is 1.59. The fourth-order valence-electron chi connectivity index (χ4n) is 2.06. The van der Waals surface area contributed by atoms with Crippen LogP contribution in [0.3, 0.4) is 0 Å². The number of fused-ring (bicyclic) bond motifs is 1.